The Morgan fingerprint density at radius 1 is 1.44 bits per heavy atom. The van der Waals surface area contributed by atoms with Crippen LogP contribution in [0.25, 0.3) is 0 Å². The molecule has 1 aromatic rings. The Morgan fingerprint density at radius 2 is 2.06 bits per heavy atom. The third-order valence-electron chi connectivity index (χ3n) is 1.76. The van der Waals surface area contributed by atoms with Crippen LogP contribution in [-0.2, 0) is 9.53 Å². The van der Waals surface area contributed by atoms with Crippen molar-refractivity contribution in [1.82, 2.24) is 0 Å². The fourth-order valence-corrected chi connectivity index (χ4v) is 1.22. The zero-order valence-corrected chi connectivity index (χ0v) is 11.2. The summed E-state index contributed by atoms with van der Waals surface area (Å²) < 4.78 is 10.3. The summed E-state index contributed by atoms with van der Waals surface area (Å²) in [5.41, 5.74) is 5.97. The number of carbonyl (C=O) groups is 1. The van der Waals surface area contributed by atoms with E-state index in [1.54, 1.807) is 7.11 Å². The smallest absolute Gasteiger partial charge is 0.319 e. The summed E-state index contributed by atoms with van der Waals surface area (Å²) in [6.07, 6.45) is 0. The summed E-state index contributed by atoms with van der Waals surface area (Å²) in [6.45, 7) is 1.99. The first-order chi connectivity index (χ1) is 7.54. The van der Waals surface area contributed by atoms with Gasteiger partial charge >= 0.3 is 5.97 Å². The molecule has 0 fully saturated rings. The van der Waals surface area contributed by atoms with Gasteiger partial charge in [0.1, 0.15) is 5.75 Å². The molecule has 4 nitrogen and oxygen atoms in total. The highest BCUT2D eigenvalue weighted by Crippen LogP contribution is 2.21. The maximum absolute atomic E-state index is 9.83. The van der Waals surface area contributed by atoms with Crippen LogP contribution in [0.15, 0.2) is 22.7 Å². The minimum atomic E-state index is -0.380. The molecule has 0 aliphatic carbocycles. The molecule has 0 aromatic heterocycles. The van der Waals surface area contributed by atoms with Gasteiger partial charge in [0.25, 0.3) is 0 Å². The lowest BCUT2D eigenvalue weighted by molar-refractivity contribution is -0.138. The lowest BCUT2D eigenvalue weighted by Gasteiger charge is -2.02. The zero-order chi connectivity index (χ0) is 12.6. The van der Waals surface area contributed by atoms with Crippen LogP contribution in [0.3, 0.4) is 0 Å². The predicted molar refractivity (Wildman–Crippen MR) is 66.5 cm³/mol. The molecular formula is C11H16BrNO3. The summed E-state index contributed by atoms with van der Waals surface area (Å²) >= 11 is 3.36. The van der Waals surface area contributed by atoms with Crippen molar-refractivity contribution in [3.8, 4) is 5.75 Å². The van der Waals surface area contributed by atoms with Crippen LogP contribution in [0.5, 0.6) is 5.75 Å². The van der Waals surface area contributed by atoms with Gasteiger partial charge < -0.3 is 15.2 Å². The Bertz CT molecular complexity index is 336. The van der Waals surface area contributed by atoms with Gasteiger partial charge in [0, 0.05) is 4.47 Å². The van der Waals surface area contributed by atoms with Gasteiger partial charge in [0.15, 0.2) is 0 Å². The third-order valence-corrected chi connectivity index (χ3v) is 2.26. The van der Waals surface area contributed by atoms with Gasteiger partial charge in [-0.25, -0.2) is 0 Å². The van der Waals surface area contributed by atoms with Crippen LogP contribution >= 0.6 is 15.9 Å². The van der Waals surface area contributed by atoms with E-state index in [4.69, 9.17) is 10.5 Å². The third kappa shape index (κ3) is 5.72. The van der Waals surface area contributed by atoms with Gasteiger partial charge in [0.05, 0.1) is 20.8 Å². The van der Waals surface area contributed by atoms with Crippen LogP contribution in [0.2, 0.25) is 0 Å². The Labute approximate surface area is 104 Å². The van der Waals surface area contributed by atoms with E-state index in [0.29, 0.717) is 0 Å². The second-order valence-electron chi connectivity index (χ2n) is 2.89. The van der Waals surface area contributed by atoms with E-state index in [9.17, 15) is 4.79 Å². The van der Waals surface area contributed by atoms with Crippen molar-refractivity contribution < 1.29 is 14.3 Å². The molecule has 16 heavy (non-hydrogen) atoms. The van der Waals surface area contributed by atoms with E-state index in [1.807, 2.05) is 25.1 Å². The van der Waals surface area contributed by atoms with Crippen molar-refractivity contribution in [2.24, 2.45) is 5.73 Å². The first-order valence-corrected chi connectivity index (χ1v) is 5.41. The van der Waals surface area contributed by atoms with Gasteiger partial charge in [-0.3, -0.25) is 4.79 Å². The molecule has 5 heteroatoms. The monoisotopic (exact) mass is 289 g/mol. The van der Waals surface area contributed by atoms with E-state index in [-0.39, 0.29) is 12.5 Å². The van der Waals surface area contributed by atoms with Crippen molar-refractivity contribution in [1.29, 1.82) is 0 Å². The minimum Gasteiger partial charge on any atom is -0.496 e. The van der Waals surface area contributed by atoms with Crippen molar-refractivity contribution in [2.45, 2.75) is 6.92 Å². The fourth-order valence-electron chi connectivity index (χ4n) is 0.877. The van der Waals surface area contributed by atoms with Crippen molar-refractivity contribution in [3.63, 3.8) is 0 Å². The van der Waals surface area contributed by atoms with E-state index in [0.717, 1.165) is 15.8 Å². The highest BCUT2D eigenvalue weighted by atomic mass is 79.9. The largest absolute Gasteiger partial charge is 0.496 e. The number of hydrogen-bond acceptors (Lipinski definition) is 4. The lowest BCUT2D eigenvalue weighted by Crippen LogP contribution is -2.14. The number of nitrogens with two attached hydrogens (primary N) is 1. The summed E-state index contributed by atoms with van der Waals surface area (Å²) in [5.74, 6) is 0.546. The Balaban J connectivity index is 0.000000325. The average Bonchev–Trinajstić information content (AvgIpc) is 2.32. The normalized spacial score (nSPS) is 8.81. The van der Waals surface area contributed by atoms with Crippen LogP contribution in [-0.4, -0.2) is 26.7 Å². The number of methoxy groups -OCH3 is 2. The van der Waals surface area contributed by atoms with Gasteiger partial charge in [-0.2, -0.15) is 0 Å². The van der Waals surface area contributed by atoms with E-state index >= 15 is 0 Å². The molecule has 0 unspecified atom stereocenters. The fraction of sp³-hybridized carbons (Fsp3) is 0.364. The molecule has 90 valence electrons. The summed E-state index contributed by atoms with van der Waals surface area (Å²) in [7, 11) is 2.98. The lowest BCUT2D eigenvalue weighted by atomic mass is 10.2. The van der Waals surface area contributed by atoms with Gasteiger partial charge in [0.2, 0.25) is 0 Å². The number of benzene rings is 1. The van der Waals surface area contributed by atoms with Crippen molar-refractivity contribution in [2.75, 3.05) is 20.8 Å². The zero-order valence-electron chi connectivity index (χ0n) is 9.62. The molecule has 0 bridgehead atoms. The first kappa shape index (κ1) is 14.9. The average molecular weight is 290 g/mol. The van der Waals surface area contributed by atoms with Crippen LogP contribution in [0, 0.1) is 6.92 Å². The molecule has 0 aliphatic heterocycles. The molecule has 0 radical (unpaired) electrons. The first-order valence-electron chi connectivity index (χ1n) is 4.62. The van der Waals surface area contributed by atoms with Crippen molar-refractivity contribution in [3.05, 3.63) is 28.2 Å². The second kappa shape index (κ2) is 8.13. The van der Waals surface area contributed by atoms with E-state index < -0.39 is 0 Å². The Hall–Kier alpha value is -1.07. The molecule has 2 N–H and O–H groups in total. The van der Waals surface area contributed by atoms with Crippen LogP contribution in [0.1, 0.15) is 5.56 Å². The summed E-state index contributed by atoms with van der Waals surface area (Å²) in [4.78, 5) is 9.83. The molecule has 0 saturated heterocycles. The molecule has 0 aliphatic rings. The van der Waals surface area contributed by atoms with Gasteiger partial charge in [-0.1, -0.05) is 22.0 Å². The maximum atomic E-state index is 9.83. The predicted octanol–water partition coefficient (Wildman–Crippen LogP) is 1.88. The molecule has 0 heterocycles. The van der Waals surface area contributed by atoms with Crippen LogP contribution < -0.4 is 10.5 Å². The summed E-state index contributed by atoms with van der Waals surface area (Å²) in [6, 6.07) is 5.97. The van der Waals surface area contributed by atoms with Crippen LogP contribution in [0.4, 0.5) is 0 Å². The molecule has 1 rings (SSSR count). The van der Waals surface area contributed by atoms with E-state index in [1.165, 1.54) is 7.11 Å². The molecule has 1 aromatic carbocycles. The molecular weight excluding hydrogens is 274 g/mol. The number of carbonyl (C=O) groups excluding carboxylic acids is 1. The number of aryl methyl sites for hydroxylation is 1. The quantitative estimate of drug-likeness (QED) is 0.845. The number of esters is 1. The Kier molecular flexibility index (Phi) is 7.58. The molecule has 0 atom stereocenters. The molecule has 0 spiro atoms. The summed E-state index contributed by atoms with van der Waals surface area (Å²) in [5, 5.41) is 0. The van der Waals surface area contributed by atoms with E-state index in [2.05, 4.69) is 20.7 Å². The molecule has 0 saturated carbocycles. The number of rotatable bonds is 2. The number of ether oxygens (including phenoxy) is 2. The maximum Gasteiger partial charge on any atom is 0.319 e. The molecule has 0 amide bonds. The highest BCUT2D eigenvalue weighted by Gasteiger charge is 1.96. The van der Waals surface area contributed by atoms with Crippen molar-refractivity contribution >= 4 is 21.9 Å². The van der Waals surface area contributed by atoms with Gasteiger partial charge in [-0.05, 0) is 24.6 Å². The SMILES string of the molecule is COC(=O)CN.COc1cc(Br)ccc1C. The minimum absolute atomic E-state index is 0.0312. The highest BCUT2D eigenvalue weighted by molar-refractivity contribution is 9.10. The van der Waals surface area contributed by atoms with Gasteiger partial charge in [-0.15, -0.1) is 0 Å². The number of hydrogen-bond donors (Lipinski definition) is 1. The second-order valence-corrected chi connectivity index (χ2v) is 3.81. The standard InChI is InChI=1S/C8H9BrO.C3H7NO2/c1-6-3-4-7(9)5-8(6)10-2;1-6-3(5)2-4/h3-5H,1-2H3;2,4H2,1H3. The Morgan fingerprint density at radius 3 is 2.38 bits per heavy atom. The topological polar surface area (TPSA) is 61.5 Å². The number of halogens is 1.